The van der Waals surface area contributed by atoms with Crippen LogP contribution in [-0.2, 0) is 27.9 Å². The standard InChI is InChI=1S/C39H70NO7P/c1-3-5-7-9-11-13-15-17-19-20-22-24-26-28-30-32-39(41)47-38(37-46-48(42,43)45-35-33-40)36-44-34-31-29-27-25-23-21-18-16-14-12-10-8-6-4-2/h5,7,11,13,17,19,22,24,28,30,38H,3-4,6,8-10,12,14-16,18,20-21,23,25-27,29,31-37,40H2,1-2H3,(H,42,43)/b7-5-,13-11-,19-17-,24-22-,30-28-. The van der Waals surface area contributed by atoms with E-state index in [4.69, 9.17) is 24.3 Å². The minimum absolute atomic E-state index is 0.0761. The van der Waals surface area contributed by atoms with E-state index < -0.39 is 19.9 Å². The Balaban J connectivity index is 4.25. The fraction of sp³-hybridized carbons (Fsp3) is 0.718. The van der Waals surface area contributed by atoms with Crippen LogP contribution in [0.3, 0.4) is 0 Å². The van der Waals surface area contributed by atoms with Crippen LogP contribution in [0.2, 0.25) is 0 Å². The molecule has 48 heavy (non-hydrogen) atoms. The number of esters is 1. The Morgan fingerprint density at radius 1 is 0.625 bits per heavy atom. The number of phosphoric acid groups is 1. The summed E-state index contributed by atoms with van der Waals surface area (Å²) in [6.07, 6.45) is 42.6. The Morgan fingerprint density at radius 2 is 1.08 bits per heavy atom. The van der Waals surface area contributed by atoms with Crippen LogP contribution in [0.1, 0.15) is 142 Å². The first-order chi connectivity index (χ1) is 23.4. The Hall–Kier alpha value is -1.80. The topological polar surface area (TPSA) is 117 Å². The van der Waals surface area contributed by atoms with Crippen LogP contribution in [0.4, 0.5) is 0 Å². The van der Waals surface area contributed by atoms with Crippen LogP contribution in [-0.4, -0.2) is 49.9 Å². The number of hydrogen-bond donors (Lipinski definition) is 2. The van der Waals surface area contributed by atoms with Crippen molar-refractivity contribution in [1.82, 2.24) is 0 Å². The quantitative estimate of drug-likeness (QED) is 0.0291. The highest BCUT2D eigenvalue weighted by molar-refractivity contribution is 7.47. The van der Waals surface area contributed by atoms with Crippen molar-refractivity contribution in [2.75, 3.05) is 33.0 Å². The summed E-state index contributed by atoms with van der Waals surface area (Å²) in [6, 6.07) is 0. The molecular formula is C39H70NO7P. The van der Waals surface area contributed by atoms with E-state index >= 15 is 0 Å². The Morgan fingerprint density at radius 3 is 1.56 bits per heavy atom. The normalized spacial score (nSPS) is 14.3. The third-order valence-corrected chi connectivity index (χ3v) is 8.47. The lowest BCUT2D eigenvalue weighted by Gasteiger charge is -2.19. The minimum Gasteiger partial charge on any atom is -0.457 e. The summed E-state index contributed by atoms with van der Waals surface area (Å²) in [5, 5.41) is 0. The van der Waals surface area contributed by atoms with Gasteiger partial charge in [-0.05, 0) is 38.5 Å². The van der Waals surface area contributed by atoms with E-state index in [2.05, 4.69) is 62.5 Å². The molecule has 0 saturated carbocycles. The van der Waals surface area contributed by atoms with Gasteiger partial charge < -0.3 is 20.1 Å². The third kappa shape index (κ3) is 35.5. The van der Waals surface area contributed by atoms with Gasteiger partial charge in [-0.3, -0.25) is 13.8 Å². The predicted octanol–water partition coefficient (Wildman–Crippen LogP) is 10.6. The molecule has 2 unspecified atom stereocenters. The number of hydrogen-bond acceptors (Lipinski definition) is 7. The number of carbonyl (C=O) groups excluding carboxylic acids is 1. The smallest absolute Gasteiger partial charge is 0.457 e. The average Bonchev–Trinajstić information content (AvgIpc) is 3.07. The lowest BCUT2D eigenvalue weighted by Crippen LogP contribution is -2.28. The van der Waals surface area contributed by atoms with Crippen molar-refractivity contribution in [3.63, 3.8) is 0 Å². The van der Waals surface area contributed by atoms with Gasteiger partial charge in [-0.2, -0.15) is 0 Å². The van der Waals surface area contributed by atoms with Crippen molar-refractivity contribution < 1.29 is 32.8 Å². The van der Waals surface area contributed by atoms with Gasteiger partial charge >= 0.3 is 13.8 Å². The van der Waals surface area contributed by atoms with Gasteiger partial charge in [0.05, 0.1) is 26.2 Å². The molecule has 0 radical (unpaired) electrons. The van der Waals surface area contributed by atoms with E-state index in [1.807, 2.05) is 6.08 Å². The Labute approximate surface area is 293 Å². The number of rotatable bonds is 35. The lowest BCUT2D eigenvalue weighted by molar-refractivity contribution is -0.153. The van der Waals surface area contributed by atoms with E-state index in [1.54, 1.807) is 6.08 Å². The molecule has 0 amide bonds. The van der Waals surface area contributed by atoms with Crippen molar-refractivity contribution in [3.05, 3.63) is 60.8 Å². The highest BCUT2D eigenvalue weighted by atomic mass is 31.2. The maximum Gasteiger partial charge on any atom is 0.472 e. The summed E-state index contributed by atoms with van der Waals surface area (Å²) < 4.78 is 33.1. The van der Waals surface area contributed by atoms with Gasteiger partial charge in [0.25, 0.3) is 0 Å². The van der Waals surface area contributed by atoms with Crippen LogP contribution in [0.15, 0.2) is 60.8 Å². The molecule has 0 aromatic heterocycles. The molecule has 0 aromatic rings. The van der Waals surface area contributed by atoms with Gasteiger partial charge in [-0.25, -0.2) is 4.57 Å². The lowest BCUT2D eigenvalue weighted by atomic mass is 10.0. The van der Waals surface area contributed by atoms with Crippen LogP contribution in [0.25, 0.3) is 0 Å². The van der Waals surface area contributed by atoms with E-state index in [1.165, 1.54) is 77.0 Å². The number of nitrogens with two attached hydrogens (primary N) is 1. The fourth-order valence-corrected chi connectivity index (χ4v) is 5.54. The molecule has 0 fully saturated rings. The van der Waals surface area contributed by atoms with Crippen LogP contribution < -0.4 is 5.73 Å². The molecule has 0 aliphatic heterocycles. The predicted molar refractivity (Wildman–Crippen MR) is 201 cm³/mol. The molecule has 0 rings (SSSR count). The first-order valence-electron chi connectivity index (χ1n) is 18.8. The van der Waals surface area contributed by atoms with Gasteiger partial charge in [-0.1, -0.05) is 158 Å². The van der Waals surface area contributed by atoms with Gasteiger partial charge in [0, 0.05) is 13.2 Å². The van der Waals surface area contributed by atoms with Gasteiger partial charge in [0.15, 0.2) is 0 Å². The molecule has 8 nitrogen and oxygen atoms in total. The number of phosphoric ester groups is 1. The second-order valence-corrected chi connectivity index (χ2v) is 13.5. The number of carbonyl (C=O) groups is 1. The average molecular weight is 696 g/mol. The molecule has 0 bridgehead atoms. The van der Waals surface area contributed by atoms with E-state index in [-0.39, 0.29) is 32.8 Å². The fourth-order valence-electron chi connectivity index (χ4n) is 4.78. The largest absolute Gasteiger partial charge is 0.472 e. The molecule has 0 aliphatic carbocycles. The molecule has 9 heteroatoms. The monoisotopic (exact) mass is 695 g/mol. The molecular weight excluding hydrogens is 625 g/mol. The third-order valence-electron chi connectivity index (χ3n) is 7.48. The number of unbranched alkanes of at least 4 members (excludes halogenated alkanes) is 13. The van der Waals surface area contributed by atoms with E-state index in [0.29, 0.717) is 13.0 Å². The van der Waals surface area contributed by atoms with Crippen molar-refractivity contribution in [1.29, 1.82) is 0 Å². The summed E-state index contributed by atoms with van der Waals surface area (Å²) in [5.74, 6) is -0.458. The van der Waals surface area contributed by atoms with E-state index in [9.17, 15) is 14.3 Å². The maximum atomic E-state index is 12.5. The summed E-state index contributed by atoms with van der Waals surface area (Å²) in [7, 11) is -4.29. The maximum absolute atomic E-state index is 12.5. The van der Waals surface area contributed by atoms with Crippen molar-refractivity contribution in [2.45, 2.75) is 148 Å². The summed E-state index contributed by atoms with van der Waals surface area (Å²) in [5.41, 5.74) is 5.34. The van der Waals surface area contributed by atoms with Crippen LogP contribution >= 0.6 is 7.82 Å². The second kappa shape index (κ2) is 36.5. The molecule has 0 aliphatic rings. The van der Waals surface area contributed by atoms with Gasteiger partial charge in [-0.15, -0.1) is 0 Å². The molecule has 2 atom stereocenters. The molecule has 0 heterocycles. The minimum atomic E-state index is -4.29. The highest BCUT2D eigenvalue weighted by Gasteiger charge is 2.25. The molecule has 3 N–H and O–H groups in total. The zero-order valence-corrected chi connectivity index (χ0v) is 31.3. The highest BCUT2D eigenvalue weighted by Crippen LogP contribution is 2.43. The van der Waals surface area contributed by atoms with E-state index in [0.717, 1.165) is 38.5 Å². The molecule has 278 valence electrons. The van der Waals surface area contributed by atoms with Gasteiger partial charge in [0.2, 0.25) is 0 Å². The zero-order chi connectivity index (χ0) is 35.2. The van der Waals surface area contributed by atoms with Gasteiger partial charge in [0.1, 0.15) is 6.10 Å². The SMILES string of the molecule is CC/C=C\C/C=C\C/C=C\C/C=C\C/C=C\CC(=O)OC(COCCCCCCCCCCCCCCCC)COP(=O)(O)OCCN. The van der Waals surface area contributed by atoms with Crippen molar-refractivity contribution in [2.24, 2.45) is 5.73 Å². The molecule has 0 aromatic carbocycles. The van der Waals surface area contributed by atoms with Crippen LogP contribution in [0, 0.1) is 0 Å². The Bertz CT molecular complexity index is 916. The Kier molecular flexibility index (Phi) is 35.1. The first-order valence-corrected chi connectivity index (χ1v) is 20.3. The molecule has 0 spiro atoms. The summed E-state index contributed by atoms with van der Waals surface area (Å²) in [6.45, 7) is 4.66. The number of allylic oxidation sites excluding steroid dienone is 9. The van der Waals surface area contributed by atoms with Crippen molar-refractivity contribution in [3.8, 4) is 0 Å². The second-order valence-electron chi connectivity index (χ2n) is 12.1. The van der Waals surface area contributed by atoms with Crippen LogP contribution in [0.5, 0.6) is 0 Å². The summed E-state index contributed by atoms with van der Waals surface area (Å²) in [4.78, 5) is 22.3. The zero-order valence-electron chi connectivity index (χ0n) is 30.4. The number of ether oxygens (including phenoxy) is 2. The molecule has 0 saturated heterocycles. The van der Waals surface area contributed by atoms with Crippen molar-refractivity contribution >= 4 is 13.8 Å². The summed E-state index contributed by atoms with van der Waals surface area (Å²) >= 11 is 0. The first kappa shape index (κ1) is 46.2.